The maximum absolute atomic E-state index is 5.15. The molecule has 0 fully saturated rings. The highest BCUT2D eigenvalue weighted by Crippen LogP contribution is 1.71. The molecule has 0 heterocycles. The quantitative estimate of drug-likeness (QED) is 0.322. The van der Waals surface area contributed by atoms with Gasteiger partial charge in [-0.3, -0.25) is 4.99 Å². The van der Waals surface area contributed by atoms with E-state index in [0.29, 0.717) is 0 Å². The van der Waals surface area contributed by atoms with E-state index >= 15 is 0 Å². The number of hydrogen-bond donors (Lipinski definition) is 2. The van der Waals surface area contributed by atoms with E-state index in [1.807, 2.05) is 0 Å². The summed E-state index contributed by atoms with van der Waals surface area (Å²) < 4.78 is 4.49. The highest BCUT2D eigenvalue weighted by atomic mass is 16.5. The van der Waals surface area contributed by atoms with Gasteiger partial charge in [0.25, 0.3) is 6.02 Å². The number of nitrogens with zero attached hydrogens (tertiary/aromatic N) is 2. The number of hydrogen-bond acceptors (Lipinski definition) is 2. The van der Waals surface area contributed by atoms with Crippen LogP contribution in [0.4, 0.5) is 0 Å². The summed E-state index contributed by atoms with van der Waals surface area (Å²) in [6.07, 6.45) is 0. The van der Waals surface area contributed by atoms with Gasteiger partial charge in [-0.05, 0) is 0 Å². The van der Waals surface area contributed by atoms with Gasteiger partial charge in [0.05, 0.1) is 7.11 Å². The Labute approximate surface area is 53.4 Å². The molecule has 0 amide bonds. The van der Waals surface area contributed by atoms with E-state index in [1.54, 1.807) is 0 Å². The molecule has 0 aliphatic heterocycles. The molecule has 5 heteroatoms. The van der Waals surface area contributed by atoms with Gasteiger partial charge in [0, 0.05) is 7.05 Å². The summed E-state index contributed by atoms with van der Waals surface area (Å²) in [4.78, 5) is 7.04. The smallest absolute Gasteiger partial charge is 0.289 e. The molecule has 0 bridgehead atoms. The first-order chi connectivity index (χ1) is 4.20. The average molecular weight is 130 g/mol. The molecule has 0 unspecified atom stereocenters. The third-order valence-corrected chi connectivity index (χ3v) is 0.663. The second-order valence-corrected chi connectivity index (χ2v) is 1.24. The van der Waals surface area contributed by atoms with E-state index in [9.17, 15) is 0 Å². The van der Waals surface area contributed by atoms with Crippen LogP contribution in [-0.2, 0) is 4.74 Å². The molecule has 0 aliphatic rings. The van der Waals surface area contributed by atoms with Crippen LogP contribution in [0.5, 0.6) is 0 Å². The number of nitrogens with two attached hydrogens (primary N) is 2. The first-order valence-corrected chi connectivity index (χ1v) is 2.31. The van der Waals surface area contributed by atoms with Crippen LogP contribution in [-0.4, -0.2) is 26.1 Å². The molecule has 0 rings (SSSR count). The fraction of sp³-hybridized carbons (Fsp3) is 0.500. The third kappa shape index (κ3) is 3.33. The van der Waals surface area contributed by atoms with Crippen LogP contribution in [0.3, 0.4) is 0 Å². The van der Waals surface area contributed by atoms with Gasteiger partial charge in [0.1, 0.15) is 0 Å². The molecule has 0 spiro atoms. The zero-order chi connectivity index (χ0) is 7.28. The lowest BCUT2D eigenvalue weighted by Crippen LogP contribution is -2.19. The van der Waals surface area contributed by atoms with Gasteiger partial charge >= 0.3 is 0 Å². The molecule has 9 heavy (non-hydrogen) atoms. The van der Waals surface area contributed by atoms with Crippen molar-refractivity contribution in [2.45, 2.75) is 0 Å². The van der Waals surface area contributed by atoms with E-state index in [-0.39, 0.29) is 12.0 Å². The van der Waals surface area contributed by atoms with Gasteiger partial charge in [-0.15, -0.1) is 0 Å². The molecule has 0 aromatic heterocycles. The van der Waals surface area contributed by atoms with Crippen molar-refractivity contribution in [3.8, 4) is 0 Å². The monoisotopic (exact) mass is 130 g/mol. The van der Waals surface area contributed by atoms with Crippen LogP contribution in [0.25, 0.3) is 0 Å². The first-order valence-electron chi connectivity index (χ1n) is 2.31. The molecule has 5 nitrogen and oxygen atoms in total. The summed E-state index contributed by atoms with van der Waals surface area (Å²) in [6, 6.07) is 0.0121. The lowest BCUT2D eigenvalue weighted by molar-refractivity contribution is 0.397. The summed E-state index contributed by atoms with van der Waals surface area (Å²) in [5.41, 5.74) is 10.3. The second-order valence-electron chi connectivity index (χ2n) is 1.24. The van der Waals surface area contributed by atoms with Crippen molar-refractivity contribution in [1.29, 1.82) is 0 Å². The minimum absolute atomic E-state index is 0.0121. The number of aliphatic imine (C=N–C) groups is 2. The van der Waals surface area contributed by atoms with Crippen LogP contribution in [0.1, 0.15) is 0 Å². The Morgan fingerprint density at radius 2 is 2.00 bits per heavy atom. The molecular weight excluding hydrogens is 120 g/mol. The average Bonchev–Trinajstić information content (AvgIpc) is 1.87. The van der Waals surface area contributed by atoms with Crippen LogP contribution in [0.2, 0.25) is 0 Å². The van der Waals surface area contributed by atoms with Crippen LogP contribution < -0.4 is 11.5 Å². The zero-order valence-corrected chi connectivity index (χ0v) is 5.46. The number of methoxy groups -OCH3 is 1. The van der Waals surface area contributed by atoms with Crippen molar-refractivity contribution < 1.29 is 4.74 Å². The number of ether oxygens (including phenoxy) is 1. The standard InChI is InChI=1S/C4H10N4O/c1-7-3(5)8-4(6)9-2/h1-2H3,(H4,5,6,7,8). The van der Waals surface area contributed by atoms with Crippen molar-refractivity contribution in [3.05, 3.63) is 0 Å². The van der Waals surface area contributed by atoms with Crippen molar-refractivity contribution in [1.82, 2.24) is 0 Å². The number of guanidine groups is 1. The Kier molecular flexibility index (Phi) is 3.19. The molecule has 4 N–H and O–H groups in total. The molecule has 0 saturated carbocycles. The van der Waals surface area contributed by atoms with Crippen molar-refractivity contribution >= 4 is 12.0 Å². The predicted octanol–water partition coefficient (Wildman–Crippen LogP) is -1.11. The van der Waals surface area contributed by atoms with E-state index in [0.717, 1.165) is 0 Å². The fourth-order valence-electron chi connectivity index (χ4n) is 0.209. The highest BCUT2D eigenvalue weighted by molar-refractivity contribution is 5.90. The van der Waals surface area contributed by atoms with E-state index in [4.69, 9.17) is 11.5 Å². The topological polar surface area (TPSA) is 86.0 Å². The Morgan fingerprint density at radius 1 is 1.44 bits per heavy atom. The highest BCUT2D eigenvalue weighted by Gasteiger charge is 1.87. The minimum Gasteiger partial charge on any atom is -0.468 e. The maximum atomic E-state index is 5.15. The molecule has 0 aliphatic carbocycles. The van der Waals surface area contributed by atoms with E-state index < -0.39 is 0 Å². The molecule has 0 saturated heterocycles. The lowest BCUT2D eigenvalue weighted by atomic mass is 11.0. The summed E-state index contributed by atoms with van der Waals surface area (Å²) in [6.45, 7) is 0. The van der Waals surface area contributed by atoms with Crippen LogP contribution in [0.15, 0.2) is 9.98 Å². The van der Waals surface area contributed by atoms with Crippen molar-refractivity contribution in [3.63, 3.8) is 0 Å². The van der Waals surface area contributed by atoms with Gasteiger partial charge < -0.3 is 16.2 Å². The largest absolute Gasteiger partial charge is 0.468 e. The van der Waals surface area contributed by atoms with E-state index in [2.05, 4.69) is 14.7 Å². The number of rotatable bonds is 0. The molecular formula is C4H10N4O. The zero-order valence-electron chi connectivity index (χ0n) is 5.46. The lowest BCUT2D eigenvalue weighted by Gasteiger charge is -1.94. The van der Waals surface area contributed by atoms with Crippen molar-refractivity contribution in [2.24, 2.45) is 21.5 Å². The fourth-order valence-corrected chi connectivity index (χ4v) is 0.209. The predicted molar refractivity (Wildman–Crippen MR) is 36.2 cm³/mol. The summed E-state index contributed by atoms with van der Waals surface area (Å²) in [5.74, 6) is 0.106. The SMILES string of the molecule is CN=C(N)N=C(N)OC. The second kappa shape index (κ2) is 3.71. The van der Waals surface area contributed by atoms with Gasteiger partial charge in [0.15, 0.2) is 0 Å². The summed E-state index contributed by atoms with van der Waals surface area (Å²) in [7, 11) is 2.92. The number of amidine groups is 1. The van der Waals surface area contributed by atoms with Gasteiger partial charge in [-0.25, -0.2) is 0 Å². The van der Waals surface area contributed by atoms with Crippen molar-refractivity contribution in [2.75, 3.05) is 14.2 Å². The summed E-state index contributed by atoms with van der Waals surface area (Å²) >= 11 is 0. The molecule has 0 aromatic rings. The normalized spacial score (nSPS) is 13.6. The Bertz CT molecular complexity index is 140. The van der Waals surface area contributed by atoms with Gasteiger partial charge in [0.2, 0.25) is 5.96 Å². The third-order valence-electron chi connectivity index (χ3n) is 0.663. The minimum atomic E-state index is 0.0121. The van der Waals surface area contributed by atoms with Gasteiger partial charge in [-0.1, -0.05) is 0 Å². The molecule has 0 atom stereocenters. The molecule has 52 valence electrons. The van der Waals surface area contributed by atoms with Crippen LogP contribution >= 0.6 is 0 Å². The maximum Gasteiger partial charge on any atom is 0.289 e. The molecule has 0 radical (unpaired) electrons. The van der Waals surface area contributed by atoms with Gasteiger partial charge in [-0.2, -0.15) is 4.99 Å². The first kappa shape index (κ1) is 7.74. The summed E-state index contributed by atoms with van der Waals surface area (Å²) in [5, 5.41) is 0. The Balaban J connectivity index is 3.95. The Hall–Kier alpha value is -1.26. The Morgan fingerprint density at radius 3 is 2.33 bits per heavy atom. The molecule has 0 aromatic carbocycles. The van der Waals surface area contributed by atoms with E-state index in [1.165, 1.54) is 14.2 Å². The van der Waals surface area contributed by atoms with Crippen LogP contribution in [0, 0.1) is 0 Å².